The molecule has 0 radical (unpaired) electrons. The minimum atomic E-state index is -0.949. The molecule has 0 aromatic carbocycles. The smallest absolute Gasteiger partial charge is 0.357 e. The van der Waals surface area contributed by atoms with Gasteiger partial charge < -0.3 is 37.8 Å². The first-order chi connectivity index (χ1) is 18.3. The molecule has 3 rings (SSSR count). The monoisotopic (exact) mass is 618 g/mol. The van der Waals surface area contributed by atoms with Crippen molar-refractivity contribution in [1.29, 1.82) is 0 Å². The highest BCUT2D eigenvalue weighted by Gasteiger charge is 2.53. The van der Waals surface area contributed by atoms with E-state index in [2.05, 4.69) is 26.5 Å². The molecule has 0 bridgehead atoms. The number of amides is 3. The fourth-order valence-corrected chi connectivity index (χ4v) is 5.30. The number of nitrogens with zero attached hydrogens (tertiary/aromatic N) is 3. The van der Waals surface area contributed by atoms with Crippen molar-refractivity contribution in [2.75, 3.05) is 25.0 Å². The number of quaternary nitrogens is 1. The van der Waals surface area contributed by atoms with Crippen LogP contribution in [0.15, 0.2) is 22.3 Å². The minimum absolute atomic E-state index is 0. The number of esters is 2. The number of aromatic nitrogens is 1. The van der Waals surface area contributed by atoms with Gasteiger partial charge >= 0.3 is 11.9 Å². The molecule has 1 aromatic heterocycles. The molecule has 5 N–H and O–H groups in total. The number of fused-ring (bicyclic) bond motifs is 1. The van der Waals surface area contributed by atoms with Crippen molar-refractivity contribution in [2.45, 2.75) is 51.6 Å². The van der Waals surface area contributed by atoms with Gasteiger partial charge in [-0.05, 0) is 18.4 Å². The van der Waals surface area contributed by atoms with Crippen LogP contribution in [0, 0.1) is 5.41 Å². The summed E-state index contributed by atoms with van der Waals surface area (Å²) < 4.78 is 9.99. The molecule has 1 aromatic rings. The summed E-state index contributed by atoms with van der Waals surface area (Å²) >= 11 is 2.42. The number of hydrogen-bond donors (Lipinski definition) is 3. The lowest BCUT2D eigenvalue weighted by Gasteiger charge is -2.48. The molecule has 2 aliphatic heterocycles. The van der Waals surface area contributed by atoms with Crippen molar-refractivity contribution < 1.29 is 56.4 Å². The molecule has 1 fully saturated rings. The lowest BCUT2D eigenvalue weighted by atomic mass is 9.93. The average molecular weight is 619 g/mol. The van der Waals surface area contributed by atoms with Crippen molar-refractivity contribution in [3.63, 3.8) is 0 Å². The van der Waals surface area contributed by atoms with Gasteiger partial charge in [-0.1, -0.05) is 25.9 Å². The first-order valence-corrected chi connectivity index (χ1v) is 13.7. The standard InChI is InChI=1S/C23H30N6O8S2.ClH/c1-11(24)17(31)27-22-25-12(9-39-22)15(28-35-5)18(32)26-16-19(33)29-13(6-7-38-20(16)29)21(34)37-10-36-14(30)8-23(2,3)4;/h6,9,11,16,20H,7-8,10,24H2,1-5H3,(H,26,32)(H,25,27,31);1H/b28-15-;/t11-,16+,20+;/m0./s1. The number of thioether (sulfide) groups is 1. The first-order valence-electron chi connectivity index (χ1n) is 11.8. The van der Waals surface area contributed by atoms with Crippen molar-refractivity contribution in [2.24, 2.45) is 10.6 Å². The SMILES string of the molecule is CO/N=C(\C(=O)N[C@@H]1C(=O)N2C(C(=O)OCOC(=O)CC(C)(C)C)=CCS[C@H]12)c1csc(NC(=O)[C@H](C)[NH3+])n1.[Cl-]. The number of ether oxygens (including phenoxy) is 2. The predicted molar refractivity (Wildman–Crippen MR) is 141 cm³/mol. The Balaban J connectivity index is 0.00000560. The van der Waals surface area contributed by atoms with E-state index in [0.717, 1.165) is 11.3 Å². The van der Waals surface area contributed by atoms with Crippen molar-refractivity contribution in [1.82, 2.24) is 15.2 Å². The highest BCUT2D eigenvalue weighted by molar-refractivity contribution is 8.00. The Morgan fingerprint density at radius 3 is 2.60 bits per heavy atom. The second-order valence-electron chi connectivity index (χ2n) is 9.83. The number of carbonyl (C=O) groups is 5. The average Bonchev–Trinajstić information content (AvgIpc) is 3.31. The zero-order valence-electron chi connectivity index (χ0n) is 22.5. The highest BCUT2D eigenvalue weighted by atomic mass is 35.5. The Labute approximate surface area is 244 Å². The third kappa shape index (κ3) is 8.16. The lowest BCUT2D eigenvalue weighted by molar-refractivity contribution is -0.396. The Morgan fingerprint density at radius 1 is 1.27 bits per heavy atom. The quantitative estimate of drug-likeness (QED) is 0.0792. The zero-order chi connectivity index (χ0) is 28.9. The zero-order valence-corrected chi connectivity index (χ0v) is 24.9. The number of hydrogen-bond acceptors (Lipinski definition) is 12. The maximum atomic E-state index is 13.0. The highest BCUT2D eigenvalue weighted by Crippen LogP contribution is 2.38. The summed E-state index contributed by atoms with van der Waals surface area (Å²) in [5.41, 5.74) is 3.30. The number of nitrogens with one attached hydrogen (secondary N) is 2. The Morgan fingerprint density at radius 2 is 1.98 bits per heavy atom. The number of thiazole rings is 1. The van der Waals surface area contributed by atoms with E-state index >= 15 is 0 Å². The minimum Gasteiger partial charge on any atom is -1.00 e. The Hall–Kier alpha value is -3.21. The van der Waals surface area contributed by atoms with Crippen LogP contribution in [0.3, 0.4) is 0 Å². The molecule has 14 nitrogen and oxygen atoms in total. The molecule has 0 spiro atoms. The lowest BCUT2D eigenvalue weighted by Crippen LogP contribution is -3.00. The molecule has 17 heteroatoms. The molecular weight excluding hydrogens is 588 g/mol. The van der Waals surface area contributed by atoms with Crippen molar-refractivity contribution >= 4 is 63.6 Å². The molecule has 3 atom stereocenters. The van der Waals surface area contributed by atoms with E-state index in [0.29, 0.717) is 5.75 Å². The van der Waals surface area contributed by atoms with E-state index in [-0.39, 0.29) is 52.4 Å². The van der Waals surface area contributed by atoms with Gasteiger partial charge in [0.1, 0.15) is 29.9 Å². The largest absolute Gasteiger partial charge is 1.00 e. The van der Waals surface area contributed by atoms with Gasteiger partial charge in [0, 0.05) is 11.1 Å². The summed E-state index contributed by atoms with van der Waals surface area (Å²) in [5.74, 6) is -2.55. The summed E-state index contributed by atoms with van der Waals surface area (Å²) in [7, 11) is 1.25. The predicted octanol–water partition coefficient (Wildman–Crippen LogP) is -3.17. The van der Waals surface area contributed by atoms with E-state index in [4.69, 9.17) is 14.3 Å². The van der Waals surface area contributed by atoms with E-state index < -0.39 is 48.0 Å². The van der Waals surface area contributed by atoms with Crippen LogP contribution in [0.1, 0.15) is 39.8 Å². The molecule has 3 heterocycles. The van der Waals surface area contributed by atoms with Gasteiger partial charge in [-0.3, -0.25) is 29.4 Å². The third-order valence-corrected chi connectivity index (χ3v) is 7.19. The normalized spacial score (nSPS) is 19.1. The molecule has 0 aliphatic carbocycles. The molecule has 1 saturated heterocycles. The summed E-state index contributed by atoms with van der Waals surface area (Å²) in [6.45, 7) is 6.67. The summed E-state index contributed by atoms with van der Waals surface area (Å²) in [5, 5.41) is 10.1. The molecule has 40 heavy (non-hydrogen) atoms. The summed E-state index contributed by atoms with van der Waals surface area (Å²) in [6.07, 6.45) is 1.69. The van der Waals surface area contributed by atoms with E-state index in [1.807, 2.05) is 20.8 Å². The van der Waals surface area contributed by atoms with Gasteiger partial charge in [-0.2, -0.15) is 0 Å². The van der Waals surface area contributed by atoms with Crippen LogP contribution in [0.4, 0.5) is 5.13 Å². The van der Waals surface area contributed by atoms with E-state index in [9.17, 15) is 24.0 Å². The van der Waals surface area contributed by atoms with Crippen molar-refractivity contribution in [3.8, 4) is 0 Å². The summed E-state index contributed by atoms with van der Waals surface area (Å²) in [4.78, 5) is 72.5. The number of halogens is 1. The topological polar surface area (TPSA) is 193 Å². The van der Waals surface area contributed by atoms with Crippen LogP contribution < -0.4 is 28.8 Å². The second-order valence-corrected chi connectivity index (χ2v) is 11.8. The van der Waals surface area contributed by atoms with Crippen LogP contribution in [0.25, 0.3) is 0 Å². The van der Waals surface area contributed by atoms with Gasteiger partial charge in [0.2, 0.25) is 6.79 Å². The first kappa shape index (κ1) is 33.0. The fourth-order valence-electron chi connectivity index (χ4n) is 3.41. The molecule has 2 aliphatic rings. The third-order valence-electron chi connectivity index (χ3n) is 5.25. The molecule has 0 unspecified atom stereocenters. The van der Waals surface area contributed by atoms with Crippen LogP contribution >= 0.6 is 23.1 Å². The maximum Gasteiger partial charge on any atom is 0.357 e. The molecule has 0 saturated carbocycles. The van der Waals surface area contributed by atoms with Gasteiger partial charge in [-0.25, -0.2) is 9.78 Å². The molecular formula is C23H31ClN6O8S2. The van der Waals surface area contributed by atoms with Crippen LogP contribution in [0.5, 0.6) is 0 Å². The van der Waals surface area contributed by atoms with E-state index in [1.54, 1.807) is 6.92 Å². The molecule has 220 valence electrons. The second kappa shape index (κ2) is 13.9. The van der Waals surface area contributed by atoms with Gasteiger partial charge in [0.05, 0.1) is 6.42 Å². The van der Waals surface area contributed by atoms with Gasteiger partial charge in [-0.15, -0.1) is 23.1 Å². The van der Waals surface area contributed by atoms with Crippen molar-refractivity contribution in [3.05, 3.63) is 22.8 Å². The maximum absolute atomic E-state index is 13.0. The number of carbonyl (C=O) groups excluding carboxylic acids is 5. The van der Waals surface area contributed by atoms with Crippen LogP contribution in [0.2, 0.25) is 0 Å². The van der Waals surface area contributed by atoms with E-state index in [1.165, 1.54) is 35.2 Å². The van der Waals surface area contributed by atoms with Gasteiger partial charge in [0.25, 0.3) is 17.7 Å². The number of anilines is 1. The van der Waals surface area contributed by atoms with Crippen LogP contribution in [-0.4, -0.2) is 82.4 Å². The van der Waals surface area contributed by atoms with Crippen LogP contribution in [-0.2, 0) is 38.3 Å². The Kier molecular flexibility index (Phi) is 11.5. The Bertz CT molecular complexity index is 1210. The fraction of sp³-hybridized carbons (Fsp3) is 0.522. The molecule has 3 amide bonds. The number of β-lactam (4-membered cyclic amide) rings is 1. The number of rotatable bonds is 10. The van der Waals surface area contributed by atoms with Gasteiger partial charge in [0.15, 0.2) is 16.9 Å². The summed E-state index contributed by atoms with van der Waals surface area (Å²) in [6, 6.07) is -1.46. The number of oxime groups is 1.